The zero-order chi connectivity index (χ0) is 13.4. The minimum absolute atomic E-state index is 0.503. The summed E-state index contributed by atoms with van der Waals surface area (Å²) in [6.45, 7) is 0.503. The lowest BCUT2D eigenvalue weighted by Gasteiger charge is -2.04. The van der Waals surface area contributed by atoms with Gasteiger partial charge in [-0.3, -0.25) is 0 Å². The van der Waals surface area contributed by atoms with Gasteiger partial charge in [0, 0.05) is 12.0 Å². The first-order valence-corrected chi connectivity index (χ1v) is 6.83. The smallest absolute Gasteiger partial charge is 0.261 e. The van der Waals surface area contributed by atoms with E-state index in [4.69, 9.17) is 9.26 Å². The van der Waals surface area contributed by atoms with Crippen molar-refractivity contribution in [1.82, 2.24) is 10.1 Å². The molecule has 4 nitrogen and oxygen atoms in total. The van der Waals surface area contributed by atoms with Gasteiger partial charge in [0.2, 0.25) is 5.88 Å². The summed E-state index contributed by atoms with van der Waals surface area (Å²) in [5.41, 5.74) is 2.73. The molecular weight excluding hydrogens is 252 g/mol. The number of hydrogen-bond acceptors (Lipinski definition) is 4. The molecule has 0 radical (unpaired) electrons. The second-order valence-corrected chi connectivity index (χ2v) is 5.12. The number of pyridine rings is 1. The third-order valence-electron chi connectivity index (χ3n) is 3.53. The van der Waals surface area contributed by atoms with Gasteiger partial charge in [-0.1, -0.05) is 35.5 Å². The van der Waals surface area contributed by atoms with Gasteiger partial charge < -0.3 is 9.26 Å². The number of aromatic nitrogens is 2. The topological polar surface area (TPSA) is 48.2 Å². The Kier molecular flexibility index (Phi) is 2.66. The molecule has 2 heterocycles. The predicted molar refractivity (Wildman–Crippen MR) is 74.6 cm³/mol. The fraction of sp³-hybridized carbons (Fsp3) is 0.250. The van der Waals surface area contributed by atoms with Crippen molar-refractivity contribution in [2.24, 2.45) is 0 Å². The molecule has 1 fully saturated rings. The maximum atomic E-state index is 5.69. The number of rotatable bonds is 4. The van der Waals surface area contributed by atoms with Gasteiger partial charge in [0.15, 0.2) is 0 Å². The van der Waals surface area contributed by atoms with Crippen LogP contribution in [0.4, 0.5) is 0 Å². The largest absolute Gasteiger partial charge is 0.473 e. The second kappa shape index (κ2) is 4.63. The van der Waals surface area contributed by atoms with E-state index < -0.39 is 0 Å². The average molecular weight is 266 g/mol. The average Bonchev–Trinajstić information content (AvgIpc) is 3.26. The highest BCUT2D eigenvalue weighted by Gasteiger charge is 2.29. The number of hydrogen-bond donors (Lipinski definition) is 0. The van der Waals surface area contributed by atoms with Crippen LogP contribution >= 0.6 is 0 Å². The lowest BCUT2D eigenvalue weighted by molar-refractivity contribution is 0.293. The minimum atomic E-state index is 0.503. The van der Waals surface area contributed by atoms with Crippen LogP contribution in [0.15, 0.2) is 47.0 Å². The zero-order valence-electron chi connectivity index (χ0n) is 11.0. The van der Waals surface area contributed by atoms with Crippen LogP contribution in [0.5, 0.6) is 5.88 Å². The Bertz CT molecular complexity index is 733. The summed E-state index contributed by atoms with van der Waals surface area (Å²) >= 11 is 0. The zero-order valence-corrected chi connectivity index (χ0v) is 11.0. The van der Waals surface area contributed by atoms with Crippen molar-refractivity contribution >= 4 is 11.1 Å². The van der Waals surface area contributed by atoms with Crippen LogP contribution < -0.4 is 4.74 Å². The van der Waals surface area contributed by atoms with Gasteiger partial charge in [-0.25, -0.2) is 0 Å². The van der Waals surface area contributed by atoms with E-state index in [1.165, 1.54) is 12.8 Å². The Morgan fingerprint density at radius 3 is 2.75 bits per heavy atom. The molecule has 3 aromatic rings. The van der Waals surface area contributed by atoms with Crippen molar-refractivity contribution in [1.29, 1.82) is 0 Å². The normalized spacial score (nSPS) is 14.6. The minimum Gasteiger partial charge on any atom is -0.473 e. The van der Waals surface area contributed by atoms with Gasteiger partial charge in [-0.15, -0.1) is 0 Å². The molecule has 0 atom stereocenters. The summed E-state index contributed by atoms with van der Waals surface area (Å²) in [6.07, 6.45) is 2.40. The second-order valence-electron chi connectivity index (χ2n) is 5.12. The molecule has 1 aliphatic rings. The van der Waals surface area contributed by atoms with E-state index in [0.29, 0.717) is 24.1 Å². The SMILES string of the molecule is c1ccc(COc2ccc3c(C4CC4)noc3n2)cc1. The highest BCUT2D eigenvalue weighted by Crippen LogP contribution is 2.42. The highest BCUT2D eigenvalue weighted by molar-refractivity contribution is 5.77. The highest BCUT2D eigenvalue weighted by atomic mass is 16.5. The molecule has 1 aromatic carbocycles. The molecule has 0 spiro atoms. The van der Waals surface area contributed by atoms with E-state index in [1.807, 2.05) is 42.5 Å². The van der Waals surface area contributed by atoms with Gasteiger partial charge >= 0.3 is 0 Å². The van der Waals surface area contributed by atoms with Crippen molar-refractivity contribution < 1.29 is 9.26 Å². The van der Waals surface area contributed by atoms with E-state index in [1.54, 1.807) is 0 Å². The van der Waals surface area contributed by atoms with Gasteiger partial charge in [0.05, 0.1) is 11.1 Å². The van der Waals surface area contributed by atoms with Crippen LogP contribution in [0.3, 0.4) is 0 Å². The lowest BCUT2D eigenvalue weighted by atomic mass is 10.2. The third-order valence-corrected chi connectivity index (χ3v) is 3.53. The third kappa shape index (κ3) is 2.13. The van der Waals surface area contributed by atoms with Crippen LogP contribution in [-0.2, 0) is 6.61 Å². The molecule has 0 bridgehead atoms. The number of fused-ring (bicyclic) bond motifs is 1. The summed E-state index contributed by atoms with van der Waals surface area (Å²) in [7, 11) is 0. The Hall–Kier alpha value is -2.36. The van der Waals surface area contributed by atoms with Crippen LogP contribution in [0, 0.1) is 0 Å². The lowest BCUT2D eigenvalue weighted by Crippen LogP contribution is -1.96. The molecule has 0 saturated heterocycles. The Morgan fingerprint density at radius 2 is 1.95 bits per heavy atom. The summed E-state index contributed by atoms with van der Waals surface area (Å²) in [5.74, 6) is 1.13. The predicted octanol–water partition coefficient (Wildman–Crippen LogP) is 3.68. The van der Waals surface area contributed by atoms with Crippen LogP contribution in [0.2, 0.25) is 0 Å². The summed E-state index contributed by atoms with van der Waals surface area (Å²) in [4.78, 5) is 4.37. The van der Waals surface area contributed by atoms with Crippen molar-refractivity contribution in [3.05, 3.63) is 53.7 Å². The van der Waals surface area contributed by atoms with Gasteiger partial charge in [0.1, 0.15) is 6.61 Å². The molecule has 0 amide bonds. The van der Waals surface area contributed by atoms with Crippen molar-refractivity contribution in [2.75, 3.05) is 0 Å². The molecule has 1 aliphatic carbocycles. The molecule has 2 aromatic heterocycles. The van der Waals surface area contributed by atoms with Gasteiger partial charge in [0.25, 0.3) is 5.71 Å². The van der Waals surface area contributed by atoms with Crippen LogP contribution in [-0.4, -0.2) is 10.1 Å². The molecule has 20 heavy (non-hydrogen) atoms. The molecule has 100 valence electrons. The molecular formula is C16H14N2O2. The Labute approximate surface area is 116 Å². The first-order valence-electron chi connectivity index (χ1n) is 6.83. The molecule has 4 rings (SSSR count). The van der Waals surface area contributed by atoms with E-state index in [0.717, 1.165) is 16.6 Å². The van der Waals surface area contributed by atoms with Crippen LogP contribution in [0.25, 0.3) is 11.1 Å². The maximum absolute atomic E-state index is 5.69. The van der Waals surface area contributed by atoms with E-state index >= 15 is 0 Å². The van der Waals surface area contributed by atoms with Crippen molar-refractivity contribution in [2.45, 2.75) is 25.4 Å². The summed E-state index contributed by atoms with van der Waals surface area (Å²) < 4.78 is 11.0. The van der Waals surface area contributed by atoms with Crippen LogP contribution in [0.1, 0.15) is 30.0 Å². The number of benzene rings is 1. The van der Waals surface area contributed by atoms with E-state index in [-0.39, 0.29) is 0 Å². The van der Waals surface area contributed by atoms with Gasteiger partial charge in [-0.2, -0.15) is 4.98 Å². The maximum Gasteiger partial charge on any atom is 0.261 e. The Morgan fingerprint density at radius 1 is 1.10 bits per heavy atom. The fourth-order valence-corrected chi connectivity index (χ4v) is 2.29. The monoisotopic (exact) mass is 266 g/mol. The number of nitrogens with zero attached hydrogens (tertiary/aromatic N) is 2. The molecule has 4 heteroatoms. The standard InChI is InChI=1S/C16H14N2O2/c1-2-4-11(5-3-1)10-19-14-9-8-13-15(12-6-7-12)18-20-16(13)17-14/h1-5,8-9,12H,6-7,10H2. The summed E-state index contributed by atoms with van der Waals surface area (Å²) in [6, 6.07) is 13.9. The first-order chi connectivity index (χ1) is 9.90. The Balaban J connectivity index is 1.55. The van der Waals surface area contributed by atoms with Gasteiger partial charge in [-0.05, 0) is 24.5 Å². The quantitative estimate of drug-likeness (QED) is 0.722. The molecule has 0 aliphatic heterocycles. The van der Waals surface area contributed by atoms with Crippen molar-refractivity contribution in [3.8, 4) is 5.88 Å². The van der Waals surface area contributed by atoms with Crippen molar-refractivity contribution in [3.63, 3.8) is 0 Å². The van der Waals surface area contributed by atoms with E-state index in [2.05, 4.69) is 10.1 Å². The van der Waals surface area contributed by atoms with E-state index in [9.17, 15) is 0 Å². The molecule has 1 saturated carbocycles. The summed E-state index contributed by atoms with van der Waals surface area (Å²) in [5, 5.41) is 5.14. The fourth-order valence-electron chi connectivity index (χ4n) is 2.29. The molecule has 0 unspecified atom stereocenters. The number of ether oxygens (including phenoxy) is 1. The molecule has 0 N–H and O–H groups in total. The first kappa shape index (κ1) is 11.5.